The molecule has 5 heteroatoms. The maximum atomic E-state index is 12.1. The summed E-state index contributed by atoms with van der Waals surface area (Å²) in [5, 5.41) is 8.54. The largest absolute Gasteiger partial charge is 0.478 e. The molecule has 2 rings (SSSR count). The van der Waals surface area contributed by atoms with Crippen LogP contribution < -0.4 is 0 Å². The Morgan fingerprint density at radius 3 is 2.67 bits per heavy atom. The van der Waals surface area contributed by atoms with Crippen LogP contribution in [0.2, 0.25) is 0 Å². The normalized spacial score (nSPS) is 15.2. The molecule has 2 heterocycles. The molecular formula is C13H14N2O3. The van der Waals surface area contributed by atoms with Crippen molar-refractivity contribution < 1.29 is 14.7 Å². The Labute approximate surface area is 105 Å². The number of nitrogens with zero attached hydrogens (tertiary/aromatic N) is 2. The van der Waals surface area contributed by atoms with Gasteiger partial charge in [0.15, 0.2) is 0 Å². The Bertz CT molecular complexity index is 491. The van der Waals surface area contributed by atoms with Crippen LogP contribution in [0.15, 0.2) is 24.5 Å². The average molecular weight is 246 g/mol. The lowest BCUT2D eigenvalue weighted by Gasteiger charge is -2.14. The molecule has 1 amide bonds. The lowest BCUT2D eigenvalue weighted by Crippen LogP contribution is -2.27. The van der Waals surface area contributed by atoms with Crippen LogP contribution >= 0.6 is 0 Å². The van der Waals surface area contributed by atoms with E-state index in [9.17, 15) is 9.59 Å². The first-order valence-corrected chi connectivity index (χ1v) is 5.82. The number of carbonyl (C=O) groups is 2. The maximum absolute atomic E-state index is 12.1. The molecule has 1 aliphatic heterocycles. The number of aliphatic carboxylic acids is 1. The standard InChI is InChI=1S/C13H14N2O3/c16-12(17)4-3-10-7-11(9-14-8-10)13(18)15-5-1-2-6-15/h3-4,7-9H,1-2,5-6H2,(H,16,17). The van der Waals surface area contributed by atoms with Crippen LogP contribution in [0.1, 0.15) is 28.8 Å². The van der Waals surface area contributed by atoms with Crippen LogP contribution in [-0.4, -0.2) is 40.0 Å². The summed E-state index contributed by atoms with van der Waals surface area (Å²) in [7, 11) is 0. The van der Waals surface area contributed by atoms with Crippen molar-refractivity contribution in [1.82, 2.24) is 9.88 Å². The number of likely N-dealkylation sites (tertiary alicyclic amines) is 1. The van der Waals surface area contributed by atoms with Gasteiger partial charge in [0, 0.05) is 31.6 Å². The zero-order chi connectivity index (χ0) is 13.0. The Hall–Kier alpha value is -2.17. The first-order valence-electron chi connectivity index (χ1n) is 5.82. The van der Waals surface area contributed by atoms with Crippen molar-refractivity contribution in [2.45, 2.75) is 12.8 Å². The fraction of sp³-hybridized carbons (Fsp3) is 0.308. The van der Waals surface area contributed by atoms with Crippen molar-refractivity contribution in [3.63, 3.8) is 0 Å². The number of carbonyl (C=O) groups excluding carboxylic acids is 1. The predicted molar refractivity (Wildman–Crippen MR) is 66.0 cm³/mol. The molecule has 0 spiro atoms. The number of aromatic nitrogens is 1. The van der Waals surface area contributed by atoms with E-state index in [1.54, 1.807) is 11.0 Å². The van der Waals surface area contributed by atoms with Gasteiger partial charge in [0.25, 0.3) is 5.91 Å². The van der Waals surface area contributed by atoms with Crippen LogP contribution in [-0.2, 0) is 4.79 Å². The minimum absolute atomic E-state index is 0.0365. The van der Waals surface area contributed by atoms with E-state index in [2.05, 4.69) is 4.98 Å². The van der Waals surface area contributed by atoms with E-state index in [4.69, 9.17) is 5.11 Å². The zero-order valence-corrected chi connectivity index (χ0v) is 9.87. The second-order valence-electron chi connectivity index (χ2n) is 4.18. The summed E-state index contributed by atoms with van der Waals surface area (Å²) in [6.45, 7) is 1.57. The summed E-state index contributed by atoms with van der Waals surface area (Å²) in [6, 6.07) is 1.66. The fourth-order valence-electron chi connectivity index (χ4n) is 1.94. The second kappa shape index (κ2) is 5.44. The third-order valence-corrected chi connectivity index (χ3v) is 2.82. The number of hydrogen-bond acceptors (Lipinski definition) is 3. The Morgan fingerprint density at radius 1 is 1.28 bits per heavy atom. The monoisotopic (exact) mass is 246 g/mol. The summed E-state index contributed by atoms with van der Waals surface area (Å²) in [5.41, 5.74) is 1.12. The summed E-state index contributed by atoms with van der Waals surface area (Å²) >= 11 is 0. The van der Waals surface area contributed by atoms with Gasteiger partial charge in [-0.1, -0.05) is 0 Å². The molecule has 1 aromatic rings. The Kier molecular flexibility index (Phi) is 3.72. The molecule has 0 bridgehead atoms. The maximum Gasteiger partial charge on any atom is 0.328 e. The van der Waals surface area contributed by atoms with Gasteiger partial charge in [-0.2, -0.15) is 0 Å². The smallest absolute Gasteiger partial charge is 0.328 e. The van der Waals surface area contributed by atoms with E-state index in [0.29, 0.717) is 11.1 Å². The average Bonchev–Trinajstić information content (AvgIpc) is 2.89. The second-order valence-corrected chi connectivity index (χ2v) is 4.18. The molecule has 0 unspecified atom stereocenters. The molecule has 1 N–H and O–H groups in total. The van der Waals surface area contributed by atoms with Gasteiger partial charge < -0.3 is 10.0 Å². The Morgan fingerprint density at radius 2 is 2.00 bits per heavy atom. The molecule has 18 heavy (non-hydrogen) atoms. The molecule has 0 aliphatic carbocycles. The highest BCUT2D eigenvalue weighted by molar-refractivity contribution is 5.95. The summed E-state index contributed by atoms with van der Waals surface area (Å²) in [4.78, 5) is 28.3. The minimum Gasteiger partial charge on any atom is -0.478 e. The van der Waals surface area contributed by atoms with Crippen molar-refractivity contribution in [2.75, 3.05) is 13.1 Å². The number of carboxylic acids is 1. The molecule has 1 saturated heterocycles. The van der Waals surface area contributed by atoms with E-state index in [0.717, 1.165) is 32.0 Å². The van der Waals surface area contributed by atoms with Crippen molar-refractivity contribution in [3.8, 4) is 0 Å². The van der Waals surface area contributed by atoms with Crippen LogP contribution in [0.3, 0.4) is 0 Å². The number of rotatable bonds is 3. The Balaban J connectivity index is 2.16. The van der Waals surface area contributed by atoms with Gasteiger partial charge in [0.05, 0.1) is 5.56 Å². The van der Waals surface area contributed by atoms with E-state index in [1.807, 2.05) is 0 Å². The quantitative estimate of drug-likeness (QED) is 0.819. The lowest BCUT2D eigenvalue weighted by molar-refractivity contribution is -0.131. The van der Waals surface area contributed by atoms with E-state index < -0.39 is 5.97 Å². The van der Waals surface area contributed by atoms with Crippen molar-refractivity contribution >= 4 is 18.0 Å². The topological polar surface area (TPSA) is 70.5 Å². The lowest BCUT2D eigenvalue weighted by atomic mass is 10.2. The van der Waals surface area contributed by atoms with Gasteiger partial charge in [-0.05, 0) is 30.5 Å². The van der Waals surface area contributed by atoms with Gasteiger partial charge in [0.1, 0.15) is 0 Å². The first kappa shape index (κ1) is 12.3. The van der Waals surface area contributed by atoms with Crippen molar-refractivity contribution in [3.05, 3.63) is 35.7 Å². The van der Waals surface area contributed by atoms with Crippen molar-refractivity contribution in [1.29, 1.82) is 0 Å². The minimum atomic E-state index is -1.02. The molecular weight excluding hydrogens is 232 g/mol. The predicted octanol–water partition coefficient (Wildman–Crippen LogP) is 1.42. The molecule has 0 saturated carbocycles. The number of pyridine rings is 1. The van der Waals surface area contributed by atoms with E-state index >= 15 is 0 Å². The van der Waals surface area contributed by atoms with Gasteiger partial charge in [-0.25, -0.2) is 4.79 Å². The van der Waals surface area contributed by atoms with E-state index in [-0.39, 0.29) is 5.91 Å². The SMILES string of the molecule is O=C(O)C=Cc1cncc(C(=O)N2CCCC2)c1. The van der Waals surface area contributed by atoms with Gasteiger partial charge >= 0.3 is 5.97 Å². The van der Waals surface area contributed by atoms with Gasteiger partial charge in [-0.15, -0.1) is 0 Å². The first-order chi connectivity index (χ1) is 8.66. The van der Waals surface area contributed by atoms with Crippen LogP contribution in [0, 0.1) is 0 Å². The highest BCUT2D eigenvalue weighted by Gasteiger charge is 2.19. The molecule has 1 fully saturated rings. The van der Waals surface area contributed by atoms with Crippen LogP contribution in [0.25, 0.3) is 6.08 Å². The third-order valence-electron chi connectivity index (χ3n) is 2.82. The molecule has 0 radical (unpaired) electrons. The van der Waals surface area contributed by atoms with Gasteiger partial charge in [0.2, 0.25) is 0 Å². The number of amides is 1. The van der Waals surface area contributed by atoms with Crippen LogP contribution in [0.5, 0.6) is 0 Å². The number of hydrogen-bond donors (Lipinski definition) is 1. The summed E-state index contributed by atoms with van der Waals surface area (Å²) in [5.74, 6) is -1.06. The summed E-state index contributed by atoms with van der Waals surface area (Å²) < 4.78 is 0. The molecule has 0 aromatic carbocycles. The molecule has 1 aliphatic rings. The molecule has 5 nitrogen and oxygen atoms in total. The van der Waals surface area contributed by atoms with Crippen LogP contribution in [0.4, 0.5) is 0 Å². The fourth-order valence-corrected chi connectivity index (χ4v) is 1.94. The molecule has 94 valence electrons. The zero-order valence-electron chi connectivity index (χ0n) is 9.87. The van der Waals surface area contributed by atoms with Gasteiger partial charge in [-0.3, -0.25) is 9.78 Å². The summed E-state index contributed by atoms with van der Waals surface area (Å²) in [6.07, 6.45) is 7.58. The highest BCUT2D eigenvalue weighted by Crippen LogP contribution is 2.13. The van der Waals surface area contributed by atoms with Crippen molar-refractivity contribution in [2.24, 2.45) is 0 Å². The molecule has 0 atom stereocenters. The number of carboxylic acid groups (broad SMARTS) is 1. The molecule has 1 aromatic heterocycles. The highest BCUT2D eigenvalue weighted by atomic mass is 16.4. The third kappa shape index (κ3) is 2.94. The van der Waals surface area contributed by atoms with E-state index in [1.165, 1.54) is 18.5 Å².